The van der Waals surface area contributed by atoms with Crippen LogP contribution >= 0.6 is 11.6 Å². The minimum absolute atomic E-state index is 0.103. The maximum Gasteiger partial charge on any atom is 0.416 e. The summed E-state index contributed by atoms with van der Waals surface area (Å²) in [5, 5.41) is 5.45. The molecule has 3 aromatic rings. The molecule has 8 nitrogen and oxygen atoms in total. The van der Waals surface area contributed by atoms with Crippen molar-refractivity contribution in [3.05, 3.63) is 88.4 Å². The molecule has 0 spiro atoms. The summed E-state index contributed by atoms with van der Waals surface area (Å²) in [5.74, 6) is -2.86. The Morgan fingerprint density at radius 3 is 2.31 bits per heavy atom. The molecule has 0 aliphatic carbocycles. The number of nitrogens with zero attached hydrogens (tertiary/aromatic N) is 1. The summed E-state index contributed by atoms with van der Waals surface area (Å²) in [6.07, 6.45) is -3.55. The Bertz CT molecular complexity index is 1330. The molecule has 0 aliphatic heterocycles. The van der Waals surface area contributed by atoms with Gasteiger partial charge in [-0.15, -0.1) is 0 Å². The summed E-state index contributed by atoms with van der Waals surface area (Å²) in [7, 11) is 1.41. The van der Waals surface area contributed by atoms with Crippen molar-refractivity contribution in [3.63, 3.8) is 0 Å². The second kappa shape index (κ2) is 11.4. The van der Waals surface area contributed by atoms with Gasteiger partial charge in [0.2, 0.25) is 0 Å². The molecule has 12 heteroatoms. The van der Waals surface area contributed by atoms with Crippen LogP contribution in [0.5, 0.6) is 11.5 Å². The Morgan fingerprint density at radius 2 is 1.61 bits per heavy atom. The third-order valence-electron chi connectivity index (χ3n) is 4.57. The van der Waals surface area contributed by atoms with Crippen molar-refractivity contribution in [2.75, 3.05) is 12.4 Å². The average Bonchev–Trinajstić information content (AvgIpc) is 2.85. The zero-order valence-corrected chi connectivity index (χ0v) is 19.2. The molecule has 186 valence electrons. The highest BCUT2D eigenvalue weighted by Crippen LogP contribution is 2.33. The molecule has 3 aromatic carbocycles. The quantitative estimate of drug-likeness (QED) is 0.162. The fourth-order valence-electron chi connectivity index (χ4n) is 2.84. The van der Waals surface area contributed by atoms with Gasteiger partial charge in [0.1, 0.15) is 17.1 Å². The predicted octanol–water partition coefficient (Wildman–Crippen LogP) is 4.68. The number of methoxy groups -OCH3 is 1. The van der Waals surface area contributed by atoms with Crippen LogP contribution in [0.25, 0.3) is 0 Å². The number of benzene rings is 3. The van der Waals surface area contributed by atoms with Gasteiger partial charge in [-0.2, -0.15) is 18.3 Å². The van der Waals surface area contributed by atoms with E-state index in [1.165, 1.54) is 25.3 Å². The molecular formula is C24H17ClF3N3O5. The first-order chi connectivity index (χ1) is 17.1. The standard InChI is InChI=1S/C24H17ClF3N3O5/c1-35-20-9-5-3-7-16(20)23(34)36-19-8-4-2-6-14(19)13-29-31-22(33)21(32)30-18-12-15(24(26,27)28)10-11-17(18)25/h2-13H,1H3,(H,30,32)(H,31,33)/b29-13+. The monoisotopic (exact) mass is 519 g/mol. The third kappa shape index (κ3) is 6.60. The number of hydrazone groups is 1. The second-order valence-electron chi connectivity index (χ2n) is 6.97. The maximum absolute atomic E-state index is 12.9. The highest BCUT2D eigenvalue weighted by molar-refractivity contribution is 6.41. The topological polar surface area (TPSA) is 106 Å². The van der Waals surface area contributed by atoms with E-state index >= 15 is 0 Å². The summed E-state index contributed by atoms with van der Waals surface area (Å²) >= 11 is 5.81. The number of ether oxygens (including phenoxy) is 2. The Morgan fingerprint density at radius 1 is 0.944 bits per heavy atom. The molecule has 0 unspecified atom stereocenters. The van der Waals surface area contributed by atoms with E-state index in [0.29, 0.717) is 11.8 Å². The van der Waals surface area contributed by atoms with Crippen molar-refractivity contribution in [1.82, 2.24) is 5.43 Å². The van der Waals surface area contributed by atoms with E-state index in [1.807, 2.05) is 10.7 Å². The van der Waals surface area contributed by atoms with Crippen LogP contribution in [0.3, 0.4) is 0 Å². The van der Waals surface area contributed by atoms with E-state index in [1.54, 1.807) is 30.3 Å². The first-order valence-corrected chi connectivity index (χ1v) is 10.4. The summed E-state index contributed by atoms with van der Waals surface area (Å²) < 4.78 is 49.2. The molecule has 2 amide bonds. The van der Waals surface area contributed by atoms with Crippen LogP contribution in [0, 0.1) is 0 Å². The number of hydrogen-bond donors (Lipinski definition) is 2. The lowest BCUT2D eigenvalue weighted by molar-refractivity contribution is -0.137. The van der Waals surface area contributed by atoms with Crippen LogP contribution in [-0.2, 0) is 15.8 Å². The highest BCUT2D eigenvalue weighted by Gasteiger charge is 2.31. The fourth-order valence-corrected chi connectivity index (χ4v) is 3.00. The lowest BCUT2D eigenvalue weighted by atomic mass is 10.2. The van der Waals surface area contributed by atoms with Gasteiger partial charge in [-0.25, -0.2) is 10.2 Å². The van der Waals surface area contributed by atoms with E-state index in [9.17, 15) is 27.6 Å². The van der Waals surface area contributed by atoms with Gasteiger partial charge in [0, 0.05) is 5.56 Å². The lowest BCUT2D eigenvalue weighted by Crippen LogP contribution is -2.32. The Hall–Kier alpha value is -4.38. The van der Waals surface area contributed by atoms with Crippen LogP contribution < -0.4 is 20.2 Å². The molecule has 3 rings (SSSR count). The number of rotatable bonds is 6. The Balaban J connectivity index is 1.67. The summed E-state index contributed by atoms with van der Waals surface area (Å²) in [6, 6.07) is 15.0. The minimum atomic E-state index is -4.67. The number of alkyl halides is 3. The maximum atomic E-state index is 12.9. The fraction of sp³-hybridized carbons (Fsp3) is 0.0833. The van der Waals surface area contributed by atoms with Crippen LogP contribution in [0.1, 0.15) is 21.5 Å². The first-order valence-electron chi connectivity index (χ1n) is 10.1. The van der Waals surface area contributed by atoms with Crippen molar-refractivity contribution >= 4 is 41.3 Å². The molecule has 0 radical (unpaired) electrons. The second-order valence-corrected chi connectivity index (χ2v) is 7.38. The summed E-state index contributed by atoms with van der Waals surface area (Å²) in [4.78, 5) is 36.7. The molecule has 0 atom stereocenters. The molecule has 0 aromatic heterocycles. The normalized spacial score (nSPS) is 11.1. The van der Waals surface area contributed by atoms with Crippen molar-refractivity contribution < 1.29 is 37.0 Å². The third-order valence-corrected chi connectivity index (χ3v) is 4.90. The molecular weight excluding hydrogens is 503 g/mol. The molecule has 0 fully saturated rings. The van der Waals surface area contributed by atoms with Gasteiger partial charge in [-0.05, 0) is 42.5 Å². The van der Waals surface area contributed by atoms with Gasteiger partial charge >= 0.3 is 24.0 Å². The number of amides is 2. The number of carbonyl (C=O) groups excluding carboxylic acids is 3. The number of esters is 1. The van der Waals surface area contributed by atoms with Gasteiger partial charge in [-0.3, -0.25) is 9.59 Å². The molecule has 0 bridgehead atoms. The van der Waals surface area contributed by atoms with Gasteiger partial charge in [0.15, 0.2) is 0 Å². The predicted molar refractivity (Wildman–Crippen MR) is 125 cm³/mol. The number of para-hydroxylation sites is 2. The Labute approximate surface area is 207 Å². The van der Waals surface area contributed by atoms with Crippen molar-refractivity contribution in [1.29, 1.82) is 0 Å². The van der Waals surface area contributed by atoms with E-state index in [2.05, 4.69) is 5.10 Å². The number of carbonyl (C=O) groups is 3. The zero-order chi connectivity index (χ0) is 26.3. The zero-order valence-electron chi connectivity index (χ0n) is 18.4. The van der Waals surface area contributed by atoms with Crippen molar-refractivity contribution in [2.24, 2.45) is 5.10 Å². The minimum Gasteiger partial charge on any atom is -0.496 e. The van der Waals surface area contributed by atoms with E-state index in [4.69, 9.17) is 21.1 Å². The summed E-state index contributed by atoms with van der Waals surface area (Å²) in [6.45, 7) is 0. The molecule has 0 aliphatic rings. The molecule has 36 heavy (non-hydrogen) atoms. The number of anilines is 1. The SMILES string of the molecule is COc1ccccc1C(=O)Oc1ccccc1/C=N/NC(=O)C(=O)Nc1cc(C(F)(F)F)ccc1Cl. The van der Waals surface area contributed by atoms with E-state index in [0.717, 1.165) is 18.3 Å². The van der Waals surface area contributed by atoms with Crippen LogP contribution in [0.4, 0.5) is 18.9 Å². The average molecular weight is 520 g/mol. The lowest BCUT2D eigenvalue weighted by Gasteiger charge is -2.11. The number of halogens is 4. The van der Waals surface area contributed by atoms with Gasteiger partial charge in [0.05, 0.1) is 29.6 Å². The molecule has 0 heterocycles. The molecule has 0 saturated heterocycles. The molecule has 2 N–H and O–H groups in total. The van der Waals surface area contributed by atoms with E-state index in [-0.39, 0.29) is 21.9 Å². The number of nitrogens with one attached hydrogen (secondary N) is 2. The van der Waals surface area contributed by atoms with E-state index < -0.39 is 35.2 Å². The largest absolute Gasteiger partial charge is 0.496 e. The van der Waals surface area contributed by atoms with Crippen LogP contribution in [0.2, 0.25) is 5.02 Å². The van der Waals surface area contributed by atoms with Gasteiger partial charge < -0.3 is 14.8 Å². The van der Waals surface area contributed by atoms with Gasteiger partial charge in [0.25, 0.3) is 0 Å². The molecule has 0 saturated carbocycles. The first kappa shape index (κ1) is 26.2. The van der Waals surface area contributed by atoms with Crippen molar-refractivity contribution in [2.45, 2.75) is 6.18 Å². The van der Waals surface area contributed by atoms with Crippen LogP contribution in [0.15, 0.2) is 71.8 Å². The Kier molecular flexibility index (Phi) is 8.28. The summed E-state index contributed by atoms with van der Waals surface area (Å²) in [5.41, 5.74) is 0.949. The van der Waals surface area contributed by atoms with Crippen LogP contribution in [-0.4, -0.2) is 31.1 Å². The number of hydrogen-bond acceptors (Lipinski definition) is 6. The highest BCUT2D eigenvalue weighted by atomic mass is 35.5. The van der Waals surface area contributed by atoms with Gasteiger partial charge in [-0.1, -0.05) is 35.9 Å². The smallest absolute Gasteiger partial charge is 0.416 e. The van der Waals surface area contributed by atoms with Crippen molar-refractivity contribution in [3.8, 4) is 11.5 Å².